The van der Waals surface area contributed by atoms with E-state index in [0.29, 0.717) is 6.54 Å². The topological polar surface area (TPSA) is 49.4 Å². The molecule has 2 amide bonds. The van der Waals surface area contributed by atoms with Crippen LogP contribution in [-0.2, 0) is 9.59 Å². The van der Waals surface area contributed by atoms with Gasteiger partial charge in [-0.15, -0.1) is 0 Å². The van der Waals surface area contributed by atoms with Crippen LogP contribution in [-0.4, -0.2) is 25.4 Å². The monoisotopic (exact) mass is 300 g/mol. The number of anilines is 1. The standard InChI is InChI=1S/C18H24N2O2/c1-20(16-10-6-3-7-11-16)18(22)14-17(21)19-13-12-15-8-4-2-5-9-15/h3,6-8,10-11H,2,4-5,9,12-14H2,1H3,(H,19,21). The van der Waals surface area contributed by atoms with Crippen molar-refractivity contribution in [3.8, 4) is 0 Å². The molecule has 0 radical (unpaired) electrons. The van der Waals surface area contributed by atoms with E-state index in [0.717, 1.165) is 24.9 Å². The molecular formula is C18H24N2O2. The number of hydrogen-bond donors (Lipinski definition) is 1. The highest BCUT2D eigenvalue weighted by atomic mass is 16.2. The predicted molar refractivity (Wildman–Crippen MR) is 88.6 cm³/mol. The van der Waals surface area contributed by atoms with Crippen LogP contribution in [0.25, 0.3) is 0 Å². The molecule has 0 saturated heterocycles. The normalized spacial score (nSPS) is 14.1. The summed E-state index contributed by atoms with van der Waals surface area (Å²) >= 11 is 0. The van der Waals surface area contributed by atoms with E-state index in [2.05, 4.69) is 11.4 Å². The molecule has 0 heterocycles. The molecule has 118 valence electrons. The number of para-hydroxylation sites is 1. The summed E-state index contributed by atoms with van der Waals surface area (Å²) in [4.78, 5) is 25.4. The van der Waals surface area contributed by atoms with Gasteiger partial charge in [-0.05, 0) is 44.2 Å². The maximum atomic E-state index is 12.1. The number of rotatable bonds is 6. The number of carbonyl (C=O) groups is 2. The van der Waals surface area contributed by atoms with Gasteiger partial charge in [-0.3, -0.25) is 9.59 Å². The average molecular weight is 300 g/mol. The molecule has 0 saturated carbocycles. The quantitative estimate of drug-likeness (QED) is 0.648. The SMILES string of the molecule is CN(C(=O)CC(=O)NCCC1=CCCCC1)c1ccccc1. The van der Waals surface area contributed by atoms with Gasteiger partial charge in [-0.25, -0.2) is 0 Å². The molecule has 0 bridgehead atoms. The van der Waals surface area contributed by atoms with Crippen molar-refractivity contribution in [2.45, 2.75) is 38.5 Å². The number of amides is 2. The maximum Gasteiger partial charge on any atom is 0.236 e. The first-order chi connectivity index (χ1) is 10.7. The van der Waals surface area contributed by atoms with Crippen molar-refractivity contribution in [1.82, 2.24) is 5.32 Å². The zero-order valence-corrected chi connectivity index (χ0v) is 13.2. The van der Waals surface area contributed by atoms with Crippen LogP contribution >= 0.6 is 0 Å². The van der Waals surface area contributed by atoms with Gasteiger partial charge in [0.1, 0.15) is 6.42 Å². The van der Waals surface area contributed by atoms with Crippen LogP contribution in [0.3, 0.4) is 0 Å². The van der Waals surface area contributed by atoms with E-state index in [9.17, 15) is 9.59 Å². The molecule has 22 heavy (non-hydrogen) atoms. The van der Waals surface area contributed by atoms with E-state index < -0.39 is 0 Å². The smallest absolute Gasteiger partial charge is 0.236 e. The summed E-state index contributed by atoms with van der Waals surface area (Å²) in [5.74, 6) is -0.398. The Morgan fingerprint density at radius 3 is 2.64 bits per heavy atom. The van der Waals surface area contributed by atoms with Gasteiger partial charge in [0.15, 0.2) is 0 Å². The van der Waals surface area contributed by atoms with Crippen LogP contribution in [0.4, 0.5) is 5.69 Å². The lowest BCUT2D eigenvalue weighted by Gasteiger charge is -2.17. The summed E-state index contributed by atoms with van der Waals surface area (Å²) in [7, 11) is 1.69. The maximum absolute atomic E-state index is 12.1. The van der Waals surface area contributed by atoms with Crippen molar-refractivity contribution >= 4 is 17.5 Å². The molecule has 1 N–H and O–H groups in total. The predicted octanol–water partition coefficient (Wildman–Crippen LogP) is 3.05. The highest BCUT2D eigenvalue weighted by molar-refractivity contribution is 6.04. The fraction of sp³-hybridized carbons (Fsp3) is 0.444. The minimum Gasteiger partial charge on any atom is -0.355 e. The Balaban J connectivity index is 1.72. The van der Waals surface area contributed by atoms with Gasteiger partial charge in [-0.1, -0.05) is 29.8 Å². The second-order valence-corrected chi connectivity index (χ2v) is 5.67. The molecule has 1 aromatic rings. The third-order valence-electron chi connectivity index (χ3n) is 3.98. The van der Waals surface area contributed by atoms with Gasteiger partial charge in [-0.2, -0.15) is 0 Å². The number of benzene rings is 1. The molecule has 0 spiro atoms. The number of allylic oxidation sites excluding steroid dienone is 1. The van der Waals surface area contributed by atoms with Gasteiger partial charge >= 0.3 is 0 Å². The van der Waals surface area contributed by atoms with Crippen LogP contribution in [0.2, 0.25) is 0 Å². The van der Waals surface area contributed by atoms with E-state index in [4.69, 9.17) is 0 Å². The number of carbonyl (C=O) groups excluding carboxylic acids is 2. The molecule has 0 atom stereocenters. The molecular weight excluding hydrogens is 276 g/mol. The lowest BCUT2D eigenvalue weighted by atomic mass is 9.97. The summed E-state index contributed by atoms with van der Waals surface area (Å²) in [6, 6.07) is 9.35. The Bertz CT molecular complexity index is 537. The van der Waals surface area contributed by atoms with Crippen LogP contribution in [0.5, 0.6) is 0 Å². The Hall–Kier alpha value is -2.10. The Kier molecular flexibility index (Phi) is 6.19. The Morgan fingerprint density at radius 1 is 1.18 bits per heavy atom. The lowest BCUT2D eigenvalue weighted by Crippen LogP contribution is -2.33. The van der Waals surface area contributed by atoms with Crippen LogP contribution < -0.4 is 10.2 Å². The first kappa shape index (κ1) is 16.3. The minimum atomic E-state index is -0.204. The third kappa shape index (κ3) is 5.02. The van der Waals surface area contributed by atoms with Crippen molar-refractivity contribution in [3.05, 3.63) is 42.0 Å². The fourth-order valence-electron chi connectivity index (χ4n) is 2.61. The van der Waals surface area contributed by atoms with E-state index >= 15 is 0 Å². The van der Waals surface area contributed by atoms with E-state index in [1.165, 1.54) is 23.3 Å². The highest BCUT2D eigenvalue weighted by Gasteiger charge is 2.15. The molecule has 0 aliphatic heterocycles. The van der Waals surface area contributed by atoms with Crippen molar-refractivity contribution < 1.29 is 9.59 Å². The van der Waals surface area contributed by atoms with Crippen LogP contribution in [0.15, 0.2) is 42.0 Å². The molecule has 1 aromatic carbocycles. The van der Waals surface area contributed by atoms with Gasteiger partial charge in [0.05, 0.1) is 0 Å². The number of nitrogens with zero attached hydrogens (tertiary/aromatic N) is 1. The summed E-state index contributed by atoms with van der Waals surface area (Å²) in [5.41, 5.74) is 2.23. The van der Waals surface area contributed by atoms with Crippen molar-refractivity contribution in [3.63, 3.8) is 0 Å². The van der Waals surface area contributed by atoms with Gasteiger partial charge < -0.3 is 10.2 Å². The molecule has 1 aliphatic carbocycles. The molecule has 4 nitrogen and oxygen atoms in total. The molecule has 0 aromatic heterocycles. The summed E-state index contributed by atoms with van der Waals surface area (Å²) in [5, 5.41) is 2.84. The van der Waals surface area contributed by atoms with Crippen molar-refractivity contribution in [1.29, 1.82) is 0 Å². The van der Waals surface area contributed by atoms with Gasteiger partial charge in [0.2, 0.25) is 11.8 Å². The second-order valence-electron chi connectivity index (χ2n) is 5.67. The van der Waals surface area contributed by atoms with E-state index in [1.54, 1.807) is 7.05 Å². The van der Waals surface area contributed by atoms with Gasteiger partial charge in [0.25, 0.3) is 0 Å². The van der Waals surface area contributed by atoms with Crippen LogP contribution in [0.1, 0.15) is 38.5 Å². The van der Waals surface area contributed by atoms with E-state index in [1.807, 2.05) is 30.3 Å². The number of nitrogens with one attached hydrogen (secondary N) is 1. The fourth-order valence-corrected chi connectivity index (χ4v) is 2.61. The minimum absolute atomic E-state index is 0.107. The summed E-state index contributed by atoms with van der Waals surface area (Å²) in [6.07, 6.45) is 7.90. The number of hydrogen-bond acceptors (Lipinski definition) is 2. The third-order valence-corrected chi connectivity index (χ3v) is 3.98. The first-order valence-electron chi connectivity index (χ1n) is 7.93. The van der Waals surface area contributed by atoms with Crippen LogP contribution in [0, 0.1) is 0 Å². The zero-order valence-electron chi connectivity index (χ0n) is 13.2. The Morgan fingerprint density at radius 2 is 1.95 bits per heavy atom. The molecule has 4 heteroatoms. The average Bonchev–Trinajstić information content (AvgIpc) is 2.56. The first-order valence-corrected chi connectivity index (χ1v) is 7.93. The molecule has 0 unspecified atom stereocenters. The Labute approximate surface area is 132 Å². The summed E-state index contributed by atoms with van der Waals surface area (Å²) in [6.45, 7) is 0.618. The largest absolute Gasteiger partial charge is 0.355 e. The van der Waals surface area contributed by atoms with E-state index in [-0.39, 0.29) is 18.2 Å². The van der Waals surface area contributed by atoms with Crippen molar-refractivity contribution in [2.75, 3.05) is 18.5 Å². The second kappa shape index (κ2) is 8.37. The molecule has 2 rings (SSSR count). The summed E-state index contributed by atoms with van der Waals surface area (Å²) < 4.78 is 0. The molecule has 1 aliphatic rings. The highest BCUT2D eigenvalue weighted by Crippen LogP contribution is 2.19. The zero-order chi connectivity index (χ0) is 15.8. The van der Waals surface area contributed by atoms with Gasteiger partial charge in [0, 0.05) is 19.3 Å². The lowest BCUT2D eigenvalue weighted by molar-refractivity contribution is -0.127. The van der Waals surface area contributed by atoms with Crippen molar-refractivity contribution in [2.24, 2.45) is 0 Å². The molecule has 0 fully saturated rings.